The van der Waals surface area contributed by atoms with Crippen LogP contribution in [0.25, 0.3) is 0 Å². The van der Waals surface area contributed by atoms with Gasteiger partial charge in [0.25, 0.3) is 0 Å². The van der Waals surface area contributed by atoms with Crippen molar-refractivity contribution in [2.45, 2.75) is 17.1 Å². The van der Waals surface area contributed by atoms with E-state index in [1.807, 2.05) is 30.3 Å². The van der Waals surface area contributed by atoms with Crippen molar-refractivity contribution in [3.63, 3.8) is 0 Å². The molecule has 0 saturated carbocycles. The van der Waals surface area contributed by atoms with Crippen LogP contribution in [0.1, 0.15) is 33.5 Å². The van der Waals surface area contributed by atoms with Gasteiger partial charge in [0.15, 0.2) is 0 Å². The predicted molar refractivity (Wildman–Crippen MR) is 93.1 cm³/mol. The molecule has 25 heavy (non-hydrogen) atoms. The van der Waals surface area contributed by atoms with Crippen LogP contribution in [0.2, 0.25) is 0 Å². The number of hydrogen-bond donors (Lipinski definition) is 0. The minimum Gasteiger partial charge on any atom is -0.465 e. The second kappa shape index (κ2) is 9.18. The van der Waals surface area contributed by atoms with Crippen molar-refractivity contribution in [2.75, 3.05) is 21.3 Å². The van der Waals surface area contributed by atoms with Crippen LogP contribution in [0.5, 0.6) is 0 Å². The summed E-state index contributed by atoms with van der Waals surface area (Å²) in [6, 6.07) is 13.4. The SMILES string of the molecule is COC(=O)c1cc(C#N)c(SCc2ccccc2)nc1C(OC)OC. The van der Waals surface area contributed by atoms with Gasteiger partial charge in [-0.15, -0.1) is 11.8 Å². The van der Waals surface area contributed by atoms with Crippen molar-refractivity contribution >= 4 is 17.7 Å². The van der Waals surface area contributed by atoms with Gasteiger partial charge in [0, 0.05) is 20.0 Å². The van der Waals surface area contributed by atoms with Crippen LogP contribution in [0, 0.1) is 11.3 Å². The summed E-state index contributed by atoms with van der Waals surface area (Å²) in [5.41, 5.74) is 1.84. The zero-order valence-electron chi connectivity index (χ0n) is 14.2. The first-order chi connectivity index (χ1) is 12.1. The normalized spacial score (nSPS) is 10.5. The second-order valence-electron chi connectivity index (χ2n) is 4.95. The van der Waals surface area contributed by atoms with E-state index in [1.165, 1.54) is 39.2 Å². The van der Waals surface area contributed by atoms with Gasteiger partial charge in [0.2, 0.25) is 6.29 Å². The number of aromatic nitrogens is 1. The number of rotatable bonds is 7. The lowest BCUT2D eigenvalue weighted by atomic mass is 10.1. The molecular weight excluding hydrogens is 340 g/mol. The predicted octanol–water partition coefficient (Wildman–Crippen LogP) is 3.32. The molecule has 0 radical (unpaired) electrons. The fourth-order valence-corrected chi connectivity index (χ4v) is 3.12. The zero-order chi connectivity index (χ0) is 18.2. The monoisotopic (exact) mass is 358 g/mol. The highest BCUT2D eigenvalue weighted by molar-refractivity contribution is 7.98. The van der Waals surface area contributed by atoms with Gasteiger partial charge >= 0.3 is 5.97 Å². The molecule has 0 fully saturated rings. The van der Waals surface area contributed by atoms with E-state index < -0.39 is 12.3 Å². The van der Waals surface area contributed by atoms with Gasteiger partial charge < -0.3 is 14.2 Å². The van der Waals surface area contributed by atoms with Gasteiger partial charge in [0.1, 0.15) is 16.8 Å². The first kappa shape index (κ1) is 18.9. The molecule has 1 aromatic heterocycles. The highest BCUT2D eigenvalue weighted by atomic mass is 32.2. The largest absolute Gasteiger partial charge is 0.465 e. The number of thioether (sulfide) groups is 1. The first-order valence-electron chi connectivity index (χ1n) is 7.40. The highest BCUT2D eigenvalue weighted by Crippen LogP contribution is 2.29. The van der Waals surface area contributed by atoms with E-state index in [0.717, 1.165) is 5.56 Å². The highest BCUT2D eigenvalue weighted by Gasteiger charge is 2.24. The summed E-state index contributed by atoms with van der Waals surface area (Å²) in [4.78, 5) is 16.5. The molecule has 0 N–H and O–H groups in total. The maximum absolute atomic E-state index is 12.0. The number of pyridine rings is 1. The molecule has 0 atom stereocenters. The number of carbonyl (C=O) groups is 1. The third-order valence-corrected chi connectivity index (χ3v) is 4.47. The van der Waals surface area contributed by atoms with Crippen LogP contribution in [0.3, 0.4) is 0 Å². The molecule has 2 rings (SSSR count). The number of nitrogens with zero attached hydrogens (tertiary/aromatic N) is 2. The average Bonchev–Trinajstić information content (AvgIpc) is 2.67. The van der Waals surface area contributed by atoms with Crippen LogP contribution in [0.15, 0.2) is 41.4 Å². The quantitative estimate of drug-likeness (QED) is 0.426. The molecule has 0 saturated heterocycles. The number of methoxy groups -OCH3 is 3. The molecule has 1 aromatic carbocycles. The fourth-order valence-electron chi connectivity index (χ4n) is 2.20. The van der Waals surface area contributed by atoms with E-state index in [0.29, 0.717) is 16.3 Å². The number of benzene rings is 1. The third-order valence-electron chi connectivity index (χ3n) is 3.41. The molecule has 7 heteroatoms. The van der Waals surface area contributed by atoms with Crippen LogP contribution in [0.4, 0.5) is 0 Å². The standard InChI is InChI=1S/C18H18N2O4S/c1-22-17(21)14-9-13(10-19)16(20-15(14)18(23-2)24-3)25-11-12-7-5-4-6-8-12/h4-9,18H,11H2,1-3H3. The molecule has 0 spiro atoms. The molecule has 0 aliphatic rings. The molecule has 2 aromatic rings. The molecule has 0 aliphatic carbocycles. The number of ether oxygens (including phenoxy) is 3. The lowest BCUT2D eigenvalue weighted by Crippen LogP contribution is -2.15. The molecule has 1 heterocycles. The summed E-state index contributed by atoms with van der Waals surface area (Å²) in [5, 5.41) is 9.93. The Kier molecular flexibility index (Phi) is 6.95. The minimum atomic E-state index is -0.835. The summed E-state index contributed by atoms with van der Waals surface area (Å²) < 4.78 is 15.2. The number of hydrogen-bond acceptors (Lipinski definition) is 7. The van der Waals surface area contributed by atoms with Crippen molar-refractivity contribution in [2.24, 2.45) is 0 Å². The van der Waals surface area contributed by atoms with Gasteiger partial charge in [-0.3, -0.25) is 0 Å². The molecule has 0 bridgehead atoms. The van der Waals surface area contributed by atoms with Gasteiger partial charge in [0.05, 0.1) is 18.2 Å². The van der Waals surface area contributed by atoms with E-state index in [2.05, 4.69) is 11.1 Å². The van der Waals surface area contributed by atoms with Crippen molar-refractivity contribution in [3.05, 3.63) is 58.8 Å². The molecule has 0 aliphatic heterocycles. The Hall–Kier alpha value is -2.40. The molecule has 130 valence electrons. The molecule has 0 amide bonds. The smallest absolute Gasteiger partial charge is 0.339 e. The van der Waals surface area contributed by atoms with Crippen molar-refractivity contribution in [3.8, 4) is 6.07 Å². The molecular formula is C18H18N2O4S. The van der Waals surface area contributed by atoms with Crippen molar-refractivity contribution < 1.29 is 19.0 Å². The average molecular weight is 358 g/mol. The fraction of sp³-hybridized carbons (Fsp3) is 0.278. The van der Waals surface area contributed by atoms with Gasteiger partial charge in [-0.2, -0.15) is 5.26 Å². The number of nitriles is 1. The summed E-state index contributed by atoms with van der Waals surface area (Å²) in [5.74, 6) is 0.0437. The first-order valence-corrected chi connectivity index (χ1v) is 8.38. The number of carbonyl (C=O) groups excluding carboxylic acids is 1. The van der Waals surface area contributed by atoms with Gasteiger partial charge in [-0.05, 0) is 11.6 Å². The van der Waals surface area contributed by atoms with Gasteiger partial charge in [-0.1, -0.05) is 30.3 Å². The minimum absolute atomic E-state index is 0.150. The third kappa shape index (κ3) is 4.57. The summed E-state index contributed by atoms with van der Waals surface area (Å²) in [6.07, 6.45) is -0.835. The Morgan fingerprint density at radius 2 is 1.92 bits per heavy atom. The van der Waals surface area contributed by atoms with E-state index in [9.17, 15) is 10.1 Å². The van der Waals surface area contributed by atoms with E-state index >= 15 is 0 Å². The summed E-state index contributed by atoms with van der Waals surface area (Å²) in [7, 11) is 4.17. The van der Waals surface area contributed by atoms with Crippen LogP contribution < -0.4 is 0 Å². The van der Waals surface area contributed by atoms with E-state index in [-0.39, 0.29) is 11.3 Å². The lowest BCUT2D eigenvalue weighted by molar-refractivity contribution is -0.109. The number of esters is 1. The van der Waals surface area contributed by atoms with Crippen LogP contribution in [-0.2, 0) is 20.0 Å². The second-order valence-corrected chi connectivity index (χ2v) is 5.92. The summed E-state index contributed by atoms with van der Waals surface area (Å²) in [6.45, 7) is 0. The lowest BCUT2D eigenvalue weighted by Gasteiger charge is -2.17. The maximum Gasteiger partial charge on any atom is 0.339 e. The topological polar surface area (TPSA) is 81.4 Å². The van der Waals surface area contributed by atoms with Gasteiger partial charge in [-0.25, -0.2) is 9.78 Å². The molecule has 0 unspecified atom stereocenters. The Balaban J connectivity index is 2.43. The van der Waals surface area contributed by atoms with E-state index in [4.69, 9.17) is 14.2 Å². The Morgan fingerprint density at radius 3 is 2.48 bits per heavy atom. The summed E-state index contributed by atoms with van der Waals surface area (Å²) >= 11 is 1.41. The Morgan fingerprint density at radius 1 is 1.24 bits per heavy atom. The van der Waals surface area contributed by atoms with Crippen LogP contribution in [-0.4, -0.2) is 32.3 Å². The molecule has 6 nitrogen and oxygen atoms in total. The Bertz CT molecular complexity index is 771. The van der Waals surface area contributed by atoms with Crippen LogP contribution >= 0.6 is 11.8 Å². The Labute approximate surface area is 150 Å². The maximum atomic E-state index is 12.0. The van der Waals surface area contributed by atoms with Crippen molar-refractivity contribution in [1.29, 1.82) is 5.26 Å². The zero-order valence-corrected chi connectivity index (χ0v) is 15.0. The van der Waals surface area contributed by atoms with Crippen molar-refractivity contribution in [1.82, 2.24) is 4.98 Å². The van der Waals surface area contributed by atoms with E-state index in [1.54, 1.807) is 0 Å².